The van der Waals surface area contributed by atoms with Crippen LogP contribution in [0.3, 0.4) is 0 Å². The van der Waals surface area contributed by atoms with E-state index in [1.165, 1.54) is 5.56 Å². The minimum absolute atomic E-state index is 0.0179. The summed E-state index contributed by atoms with van der Waals surface area (Å²) in [5.74, 6) is -0.0252. The number of rotatable bonds is 3. The second-order valence-electron chi connectivity index (χ2n) is 4.80. The number of hydrogen-bond donors (Lipinski definition) is 2. The molecule has 3 rings (SSSR count). The predicted octanol–water partition coefficient (Wildman–Crippen LogP) is 2.46. The highest BCUT2D eigenvalue weighted by Gasteiger charge is 2.31. The SMILES string of the molecule is O=C(Nc1cccc(CO)c1)C1Cc2ccccc21. The zero-order valence-corrected chi connectivity index (χ0v) is 10.5. The number of amides is 1. The van der Waals surface area contributed by atoms with E-state index in [9.17, 15) is 4.79 Å². The number of aliphatic hydroxyl groups is 1. The van der Waals surface area contributed by atoms with E-state index in [1.807, 2.05) is 36.4 Å². The first-order valence-electron chi connectivity index (χ1n) is 6.36. The van der Waals surface area contributed by atoms with E-state index in [0.29, 0.717) is 0 Å². The van der Waals surface area contributed by atoms with Crippen LogP contribution in [0.25, 0.3) is 0 Å². The van der Waals surface area contributed by atoms with Gasteiger partial charge in [0.05, 0.1) is 12.5 Å². The summed E-state index contributed by atoms with van der Waals surface area (Å²) in [7, 11) is 0. The van der Waals surface area contributed by atoms with Crippen molar-refractivity contribution in [3.05, 3.63) is 65.2 Å². The lowest BCUT2D eigenvalue weighted by Gasteiger charge is -2.28. The van der Waals surface area contributed by atoms with E-state index in [1.54, 1.807) is 6.07 Å². The Morgan fingerprint density at radius 2 is 2.05 bits per heavy atom. The predicted molar refractivity (Wildman–Crippen MR) is 73.9 cm³/mol. The van der Waals surface area contributed by atoms with Gasteiger partial charge >= 0.3 is 0 Å². The van der Waals surface area contributed by atoms with Crippen LogP contribution >= 0.6 is 0 Å². The van der Waals surface area contributed by atoms with Crippen LogP contribution in [0.4, 0.5) is 5.69 Å². The van der Waals surface area contributed by atoms with Crippen molar-refractivity contribution in [2.24, 2.45) is 0 Å². The maximum absolute atomic E-state index is 12.2. The highest BCUT2D eigenvalue weighted by Crippen LogP contribution is 2.35. The number of hydrogen-bond acceptors (Lipinski definition) is 2. The fourth-order valence-corrected chi connectivity index (χ4v) is 2.47. The lowest BCUT2D eigenvalue weighted by Crippen LogP contribution is -2.30. The number of aliphatic hydroxyl groups excluding tert-OH is 1. The van der Waals surface area contributed by atoms with Gasteiger partial charge in [0, 0.05) is 5.69 Å². The van der Waals surface area contributed by atoms with Crippen molar-refractivity contribution in [1.29, 1.82) is 0 Å². The van der Waals surface area contributed by atoms with Crippen LogP contribution in [0.2, 0.25) is 0 Å². The molecule has 1 aliphatic carbocycles. The Balaban J connectivity index is 1.73. The van der Waals surface area contributed by atoms with Crippen molar-refractivity contribution in [1.82, 2.24) is 0 Å². The number of anilines is 1. The average molecular weight is 253 g/mol. The Kier molecular flexibility index (Phi) is 3.05. The Labute approximate surface area is 111 Å². The summed E-state index contributed by atoms with van der Waals surface area (Å²) >= 11 is 0. The molecule has 0 fully saturated rings. The fraction of sp³-hybridized carbons (Fsp3) is 0.188. The zero-order valence-electron chi connectivity index (χ0n) is 10.5. The number of carbonyl (C=O) groups is 1. The van der Waals surface area contributed by atoms with Crippen LogP contribution in [-0.2, 0) is 17.8 Å². The zero-order chi connectivity index (χ0) is 13.2. The topological polar surface area (TPSA) is 49.3 Å². The molecule has 3 nitrogen and oxygen atoms in total. The molecule has 2 aromatic rings. The van der Waals surface area contributed by atoms with Crippen molar-refractivity contribution in [2.75, 3.05) is 5.32 Å². The normalized spacial score (nSPS) is 16.4. The van der Waals surface area contributed by atoms with Crippen molar-refractivity contribution in [3.63, 3.8) is 0 Å². The minimum atomic E-state index is -0.0472. The average Bonchev–Trinajstić information content (AvgIpc) is 2.40. The molecule has 1 unspecified atom stereocenters. The third-order valence-electron chi connectivity index (χ3n) is 3.55. The lowest BCUT2D eigenvalue weighted by molar-refractivity contribution is -0.118. The van der Waals surface area contributed by atoms with Gasteiger partial charge in [0.2, 0.25) is 5.91 Å². The molecule has 0 aliphatic heterocycles. The second-order valence-corrected chi connectivity index (χ2v) is 4.80. The van der Waals surface area contributed by atoms with Gasteiger partial charge in [-0.05, 0) is 35.2 Å². The van der Waals surface area contributed by atoms with Gasteiger partial charge in [-0.1, -0.05) is 36.4 Å². The number of benzene rings is 2. The first kappa shape index (κ1) is 11.9. The van der Waals surface area contributed by atoms with E-state index < -0.39 is 0 Å². The van der Waals surface area contributed by atoms with Gasteiger partial charge in [-0.15, -0.1) is 0 Å². The van der Waals surface area contributed by atoms with Crippen LogP contribution < -0.4 is 5.32 Å². The molecule has 1 aliphatic rings. The lowest BCUT2D eigenvalue weighted by atomic mass is 9.77. The van der Waals surface area contributed by atoms with Gasteiger partial charge in [0.1, 0.15) is 0 Å². The van der Waals surface area contributed by atoms with Gasteiger partial charge in [-0.3, -0.25) is 4.79 Å². The molecule has 0 radical (unpaired) electrons. The summed E-state index contributed by atoms with van der Waals surface area (Å²) in [6.07, 6.45) is 0.807. The van der Waals surface area contributed by atoms with Gasteiger partial charge in [-0.25, -0.2) is 0 Å². The summed E-state index contributed by atoms with van der Waals surface area (Å²) in [6.45, 7) is -0.0179. The van der Waals surface area contributed by atoms with Crippen molar-refractivity contribution >= 4 is 11.6 Å². The quantitative estimate of drug-likeness (QED) is 0.882. The summed E-state index contributed by atoms with van der Waals surface area (Å²) in [4.78, 5) is 12.2. The van der Waals surface area contributed by atoms with Crippen LogP contribution in [0, 0.1) is 0 Å². The van der Waals surface area contributed by atoms with E-state index in [2.05, 4.69) is 11.4 Å². The molecule has 0 bridgehead atoms. The maximum atomic E-state index is 12.2. The molecule has 2 aromatic carbocycles. The van der Waals surface area contributed by atoms with Gasteiger partial charge < -0.3 is 10.4 Å². The molecule has 96 valence electrons. The maximum Gasteiger partial charge on any atom is 0.232 e. The molecule has 3 heteroatoms. The van der Waals surface area contributed by atoms with Crippen molar-refractivity contribution in [2.45, 2.75) is 18.9 Å². The Hall–Kier alpha value is -2.13. The summed E-state index contributed by atoms with van der Waals surface area (Å²) in [5.41, 5.74) is 3.91. The van der Waals surface area contributed by atoms with E-state index >= 15 is 0 Å². The molecule has 2 N–H and O–H groups in total. The highest BCUT2D eigenvalue weighted by molar-refractivity contribution is 5.97. The largest absolute Gasteiger partial charge is 0.392 e. The van der Waals surface area contributed by atoms with E-state index in [4.69, 9.17) is 5.11 Å². The first-order chi connectivity index (χ1) is 9.28. The van der Waals surface area contributed by atoms with Crippen LogP contribution in [0.5, 0.6) is 0 Å². The molecule has 0 aromatic heterocycles. The molecular weight excluding hydrogens is 238 g/mol. The molecule has 19 heavy (non-hydrogen) atoms. The molecule has 0 heterocycles. The van der Waals surface area contributed by atoms with Gasteiger partial charge in [0.15, 0.2) is 0 Å². The van der Waals surface area contributed by atoms with Crippen molar-refractivity contribution in [3.8, 4) is 0 Å². The molecular formula is C16H15NO2. The molecule has 1 atom stereocenters. The monoisotopic (exact) mass is 253 g/mol. The van der Waals surface area contributed by atoms with E-state index in [0.717, 1.165) is 23.2 Å². The standard InChI is InChI=1S/C16H15NO2/c18-10-11-4-3-6-13(8-11)17-16(19)15-9-12-5-1-2-7-14(12)15/h1-8,15,18H,9-10H2,(H,17,19). The van der Waals surface area contributed by atoms with Crippen molar-refractivity contribution < 1.29 is 9.90 Å². The highest BCUT2D eigenvalue weighted by atomic mass is 16.3. The van der Waals surface area contributed by atoms with Crippen LogP contribution in [0.15, 0.2) is 48.5 Å². The third kappa shape index (κ3) is 2.25. The third-order valence-corrected chi connectivity index (χ3v) is 3.55. The van der Waals surface area contributed by atoms with Crippen LogP contribution in [-0.4, -0.2) is 11.0 Å². The molecule has 0 spiro atoms. The Morgan fingerprint density at radius 3 is 2.84 bits per heavy atom. The van der Waals surface area contributed by atoms with Crippen LogP contribution in [0.1, 0.15) is 22.6 Å². The summed E-state index contributed by atoms with van der Waals surface area (Å²) < 4.78 is 0. The Bertz CT molecular complexity index is 622. The van der Waals surface area contributed by atoms with Gasteiger partial charge in [-0.2, -0.15) is 0 Å². The molecule has 0 saturated carbocycles. The summed E-state index contributed by atoms with van der Waals surface area (Å²) in [6, 6.07) is 15.3. The minimum Gasteiger partial charge on any atom is -0.392 e. The van der Waals surface area contributed by atoms with Gasteiger partial charge in [0.25, 0.3) is 0 Å². The number of fused-ring (bicyclic) bond motifs is 1. The summed E-state index contributed by atoms with van der Waals surface area (Å²) in [5, 5.41) is 12.0. The second kappa shape index (κ2) is 4.86. The smallest absolute Gasteiger partial charge is 0.232 e. The Morgan fingerprint density at radius 1 is 1.21 bits per heavy atom. The first-order valence-corrected chi connectivity index (χ1v) is 6.36. The molecule has 1 amide bonds. The number of nitrogens with one attached hydrogen (secondary N) is 1. The molecule has 0 saturated heterocycles. The van der Waals surface area contributed by atoms with E-state index in [-0.39, 0.29) is 18.4 Å². The fourth-order valence-electron chi connectivity index (χ4n) is 2.47. The number of carbonyl (C=O) groups excluding carboxylic acids is 1.